The third kappa shape index (κ3) is 10.9. The van der Waals surface area contributed by atoms with Crippen molar-refractivity contribution in [1.82, 2.24) is 10.6 Å². The molecule has 2 amide bonds. The van der Waals surface area contributed by atoms with Crippen molar-refractivity contribution < 1.29 is 28.7 Å². The molecular weight excluding hydrogens is 619 g/mol. The van der Waals surface area contributed by atoms with Crippen molar-refractivity contribution in [1.29, 1.82) is 0 Å². The molecule has 0 aliphatic rings. The molecule has 0 heterocycles. The fourth-order valence-electron chi connectivity index (χ4n) is 3.50. The van der Waals surface area contributed by atoms with Gasteiger partial charge in [0, 0.05) is 34.6 Å². The first-order valence-electron chi connectivity index (χ1n) is 13.0. The van der Waals surface area contributed by atoms with E-state index in [2.05, 4.69) is 21.3 Å². The number of hydrogen-bond acceptors (Lipinski definition) is 9. The maximum absolute atomic E-state index is 12.0. The van der Waals surface area contributed by atoms with E-state index >= 15 is 0 Å². The van der Waals surface area contributed by atoms with Gasteiger partial charge in [0.25, 0.3) is 17.5 Å². The van der Waals surface area contributed by atoms with Crippen molar-refractivity contribution in [2.75, 3.05) is 32.0 Å². The van der Waals surface area contributed by atoms with E-state index in [0.717, 1.165) is 11.4 Å². The Hall–Kier alpha value is -5.60. The predicted octanol–water partition coefficient (Wildman–Crippen LogP) is 5.56. The fraction of sp³-hybridized carbons (Fsp3) is 0.0968. The molecule has 4 rings (SSSR count). The van der Waals surface area contributed by atoms with Crippen molar-refractivity contribution in [3.8, 4) is 17.2 Å². The number of carbonyl (C=O) groups is 2. The lowest BCUT2D eigenvalue weighted by atomic mass is 10.2. The molecule has 0 aromatic heterocycles. The maximum atomic E-state index is 12.0. The van der Waals surface area contributed by atoms with Crippen LogP contribution in [0.5, 0.6) is 17.2 Å². The van der Waals surface area contributed by atoms with Gasteiger partial charge in [-0.3, -0.25) is 30.3 Å². The molecule has 0 atom stereocenters. The zero-order valence-electron chi connectivity index (χ0n) is 24.4. The summed E-state index contributed by atoms with van der Waals surface area (Å²) in [7, 11) is 4.71. The van der Waals surface area contributed by atoms with Crippen molar-refractivity contribution in [3.05, 3.63) is 118 Å². The van der Waals surface area contributed by atoms with Gasteiger partial charge in [-0.05, 0) is 109 Å². The Labute approximate surface area is 269 Å². The van der Waals surface area contributed by atoms with E-state index in [1.807, 2.05) is 12.1 Å². The van der Waals surface area contributed by atoms with Crippen LogP contribution in [-0.4, -0.2) is 48.3 Å². The van der Waals surface area contributed by atoms with Crippen LogP contribution in [0.1, 0.15) is 20.7 Å². The predicted molar refractivity (Wildman–Crippen MR) is 179 cm³/mol. The molecule has 0 aliphatic carbocycles. The molecule has 0 bridgehead atoms. The molecule has 12 nitrogen and oxygen atoms in total. The van der Waals surface area contributed by atoms with Crippen LogP contribution in [0.4, 0.5) is 17.1 Å². The quantitative estimate of drug-likeness (QED) is 0.108. The molecule has 4 aromatic rings. The normalized spacial score (nSPS) is 9.76. The lowest BCUT2D eigenvalue weighted by Crippen LogP contribution is -2.34. The van der Waals surface area contributed by atoms with Crippen LogP contribution in [0.25, 0.3) is 0 Å². The SMILES string of the molecule is COc1ccc(C(=O)NC(=S)Nc2ccc([N+](=O)[O-])cc2)cc1.COc1ccc(NC(=S)NC(=O)c2ccc(OC)cc2)cc1. The topological polar surface area (TPSA) is 153 Å². The standard InChI is InChI=1S/C16H16N2O3S.C15H13N3O4S/c1-20-13-7-3-11(4-8-13)15(19)18-16(22)17-12-5-9-14(21-2)10-6-12;1-22-13-8-2-10(3-9-13)14(19)17-15(23)16-11-4-6-12(7-5-11)18(20)21/h3-10H,1-2H3,(H2,17,18,19,22);2-9H,1H3,(H2,16,17,19,23). The number of methoxy groups -OCH3 is 3. The number of thiocarbonyl (C=S) groups is 2. The summed E-state index contributed by atoms with van der Waals surface area (Å²) in [6, 6.07) is 26.3. The average molecular weight is 648 g/mol. The van der Waals surface area contributed by atoms with E-state index in [-0.39, 0.29) is 27.7 Å². The molecule has 45 heavy (non-hydrogen) atoms. The molecule has 0 aliphatic heterocycles. The number of nitrogens with one attached hydrogen (secondary N) is 4. The Morgan fingerprint density at radius 3 is 1.20 bits per heavy atom. The van der Waals surface area contributed by atoms with E-state index < -0.39 is 4.92 Å². The Bertz CT molecular complexity index is 1630. The second-order valence-corrected chi connectivity index (χ2v) is 9.62. The van der Waals surface area contributed by atoms with Crippen LogP contribution in [0.15, 0.2) is 97.1 Å². The van der Waals surface area contributed by atoms with Crippen LogP contribution < -0.4 is 35.5 Å². The van der Waals surface area contributed by atoms with E-state index in [1.165, 1.54) is 24.3 Å². The Morgan fingerprint density at radius 1 is 0.578 bits per heavy atom. The van der Waals surface area contributed by atoms with Gasteiger partial charge in [0.05, 0.1) is 26.3 Å². The molecule has 0 saturated carbocycles. The van der Waals surface area contributed by atoms with Crippen LogP contribution in [0.3, 0.4) is 0 Å². The Kier molecular flexibility index (Phi) is 12.7. The van der Waals surface area contributed by atoms with Gasteiger partial charge in [0.2, 0.25) is 0 Å². The number of nitro groups is 1. The first-order chi connectivity index (χ1) is 21.6. The Balaban J connectivity index is 0.000000246. The first-order valence-corrected chi connectivity index (χ1v) is 13.8. The first kappa shape index (κ1) is 33.9. The molecule has 0 saturated heterocycles. The second-order valence-electron chi connectivity index (χ2n) is 8.81. The molecule has 14 heteroatoms. The number of nitro benzene ring substituents is 1. The van der Waals surface area contributed by atoms with Gasteiger partial charge in [0.1, 0.15) is 17.2 Å². The number of hydrogen-bond donors (Lipinski definition) is 4. The van der Waals surface area contributed by atoms with Gasteiger partial charge in [-0.25, -0.2) is 0 Å². The highest BCUT2D eigenvalue weighted by atomic mass is 32.1. The van der Waals surface area contributed by atoms with E-state index in [1.54, 1.807) is 82.0 Å². The minimum absolute atomic E-state index is 0.0243. The summed E-state index contributed by atoms with van der Waals surface area (Å²) >= 11 is 10.2. The molecule has 4 aromatic carbocycles. The van der Waals surface area contributed by atoms with Crippen molar-refractivity contribution >= 4 is 63.5 Å². The summed E-state index contributed by atoms with van der Waals surface area (Å²) in [4.78, 5) is 34.1. The summed E-state index contributed by atoms with van der Waals surface area (Å²) < 4.78 is 15.1. The smallest absolute Gasteiger partial charge is 0.269 e. The highest BCUT2D eigenvalue weighted by molar-refractivity contribution is 7.80. The van der Waals surface area contributed by atoms with E-state index in [4.69, 9.17) is 38.6 Å². The monoisotopic (exact) mass is 647 g/mol. The highest BCUT2D eigenvalue weighted by Crippen LogP contribution is 2.17. The van der Waals surface area contributed by atoms with Crippen molar-refractivity contribution in [3.63, 3.8) is 0 Å². The third-order valence-corrected chi connectivity index (χ3v) is 6.25. The molecule has 4 N–H and O–H groups in total. The van der Waals surface area contributed by atoms with Gasteiger partial charge in [-0.2, -0.15) is 0 Å². The minimum Gasteiger partial charge on any atom is -0.497 e. The zero-order chi connectivity index (χ0) is 32.8. The highest BCUT2D eigenvalue weighted by Gasteiger charge is 2.10. The number of rotatable bonds is 8. The molecule has 0 spiro atoms. The zero-order valence-corrected chi connectivity index (χ0v) is 26.0. The Morgan fingerprint density at radius 2 is 0.889 bits per heavy atom. The fourth-order valence-corrected chi connectivity index (χ4v) is 3.92. The van der Waals surface area contributed by atoms with Crippen molar-refractivity contribution in [2.45, 2.75) is 0 Å². The average Bonchev–Trinajstić information content (AvgIpc) is 3.05. The van der Waals surface area contributed by atoms with Crippen LogP contribution >= 0.6 is 24.4 Å². The van der Waals surface area contributed by atoms with Gasteiger partial charge in [-0.15, -0.1) is 0 Å². The number of amides is 2. The number of anilines is 2. The molecule has 0 radical (unpaired) electrons. The molecule has 0 fully saturated rings. The minimum atomic E-state index is -0.493. The van der Waals surface area contributed by atoms with E-state index in [0.29, 0.717) is 28.3 Å². The number of ether oxygens (including phenoxy) is 3. The summed E-state index contributed by atoms with van der Waals surface area (Å²) in [6.45, 7) is 0. The second kappa shape index (κ2) is 16.9. The molecule has 232 valence electrons. The van der Waals surface area contributed by atoms with Crippen LogP contribution in [-0.2, 0) is 0 Å². The van der Waals surface area contributed by atoms with Crippen molar-refractivity contribution in [2.24, 2.45) is 0 Å². The largest absolute Gasteiger partial charge is 0.497 e. The molecule has 0 unspecified atom stereocenters. The maximum Gasteiger partial charge on any atom is 0.269 e. The number of nitrogens with zero attached hydrogens (tertiary/aromatic N) is 1. The molecular formula is C31H29N5O7S2. The van der Waals surface area contributed by atoms with Crippen LogP contribution in [0, 0.1) is 10.1 Å². The lowest BCUT2D eigenvalue weighted by molar-refractivity contribution is -0.384. The summed E-state index contributed by atoms with van der Waals surface area (Å²) in [5, 5.41) is 21.8. The lowest BCUT2D eigenvalue weighted by Gasteiger charge is -2.10. The van der Waals surface area contributed by atoms with Gasteiger partial charge in [0.15, 0.2) is 10.2 Å². The van der Waals surface area contributed by atoms with Gasteiger partial charge in [-0.1, -0.05) is 0 Å². The third-order valence-electron chi connectivity index (χ3n) is 5.84. The van der Waals surface area contributed by atoms with E-state index in [9.17, 15) is 19.7 Å². The van der Waals surface area contributed by atoms with Crippen LogP contribution in [0.2, 0.25) is 0 Å². The number of carbonyl (C=O) groups excluding carboxylic acids is 2. The van der Waals surface area contributed by atoms with Gasteiger partial charge < -0.3 is 24.8 Å². The number of benzene rings is 4. The summed E-state index contributed by atoms with van der Waals surface area (Å²) in [5.41, 5.74) is 2.21. The summed E-state index contributed by atoms with van der Waals surface area (Å²) in [6.07, 6.45) is 0. The number of non-ortho nitro benzene ring substituents is 1. The summed E-state index contributed by atoms with van der Waals surface area (Å²) in [5.74, 6) is 1.43. The van der Waals surface area contributed by atoms with Gasteiger partial charge >= 0.3 is 0 Å².